The maximum atomic E-state index is 6.09. The minimum Gasteiger partial charge on any atom is -0.376 e. The molecule has 0 bridgehead atoms. The lowest BCUT2D eigenvalue weighted by molar-refractivity contribution is -0.0759. The molecular weight excluding hydrogens is 266 g/mol. The van der Waals surface area contributed by atoms with Crippen LogP contribution in [0.3, 0.4) is 0 Å². The number of hydrogen-bond donors (Lipinski definition) is 1. The Hall–Kier alpha value is -0.380. The number of rotatable bonds is 6. The highest BCUT2D eigenvalue weighted by atomic mass is 32.1. The van der Waals surface area contributed by atoms with Crippen LogP contribution in [0.2, 0.25) is 0 Å². The monoisotopic (exact) mass is 295 g/mol. The second kappa shape index (κ2) is 7.06. The van der Waals surface area contributed by atoms with Crippen molar-refractivity contribution >= 4 is 11.3 Å². The summed E-state index contributed by atoms with van der Waals surface area (Å²) in [6, 6.07) is 2.67. The Kier molecular flexibility index (Phi) is 5.65. The fourth-order valence-corrected chi connectivity index (χ4v) is 4.10. The van der Waals surface area contributed by atoms with E-state index in [1.54, 1.807) is 0 Å². The van der Waals surface area contributed by atoms with Crippen LogP contribution in [0, 0.1) is 12.8 Å². The number of nitrogens with one attached hydrogen (secondary N) is 1. The Morgan fingerprint density at radius 1 is 1.45 bits per heavy atom. The highest BCUT2D eigenvalue weighted by Crippen LogP contribution is 2.43. The largest absolute Gasteiger partial charge is 0.376 e. The van der Waals surface area contributed by atoms with E-state index in [0.717, 1.165) is 18.9 Å². The summed E-state index contributed by atoms with van der Waals surface area (Å²) in [6.45, 7) is 7.84. The number of ether oxygens (including phenoxy) is 1. The van der Waals surface area contributed by atoms with Gasteiger partial charge in [-0.15, -0.1) is 11.3 Å². The second-order valence-electron chi connectivity index (χ2n) is 6.33. The molecule has 114 valence electrons. The van der Waals surface area contributed by atoms with Gasteiger partial charge < -0.3 is 10.1 Å². The first-order valence-corrected chi connectivity index (χ1v) is 8.83. The molecule has 1 aromatic heterocycles. The molecule has 0 aromatic carbocycles. The maximum absolute atomic E-state index is 6.09. The topological polar surface area (TPSA) is 21.3 Å². The third-order valence-corrected chi connectivity index (χ3v) is 5.62. The SMILES string of the molecule is CCCNC(c1csc(C)c1)C1(OC)CCC(C)CC1. The molecule has 1 fully saturated rings. The van der Waals surface area contributed by atoms with Crippen LogP contribution in [0.4, 0.5) is 0 Å². The van der Waals surface area contributed by atoms with Crippen LogP contribution < -0.4 is 5.32 Å². The van der Waals surface area contributed by atoms with Crippen molar-refractivity contribution in [3.05, 3.63) is 21.9 Å². The minimum atomic E-state index is -0.0187. The molecule has 1 atom stereocenters. The molecule has 1 aliphatic rings. The van der Waals surface area contributed by atoms with Gasteiger partial charge >= 0.3 is 0 Å². The van der Waals surface area contributed by atoms with E-state index in [1.165, 1.54) is 36.1 Å². The van der Waals surface area contributed by atoms with Gasteiger partial charge in [0.15, 0.2) is 0 Å². The van der Waals surface area contributed by atoms with Gasteiger partial charge in [0.05, 0.1) is 11.6 Å². The van der Waals surface area contributed by atoms with Crippen LogP contribution in [0.5, 0.6) is 0 Å². The smallest absolute Gasteiger partial charge is 0.0873 e. The summed E-state index contributed by atoms with van der Waals surface area (Å²) in [5.41, 5.74) is 1.40. The summed E-state index contributed by atoms with van der Waals surface area (Å²) in [5.74, 6) is 0.842. The zero-order valence-electron chi connectivity index (χ0n) is 13.4. The van der Waals surface area contributed by atoms with E-state index >= 15 is 0 Å². The fraction of sp³-hybridized carbons (Fsp3) is 0.765. The summed E-state index contributed by atoms with van der Waals surface area (Å²) in [5, 5.41) is 6.06. The van der Waals surface area contributed by atoms with Gasteiger partial charge in [0.1, 0.15) is 0 Å². The van der Waals surface area contributed by atoms with Gasteiger partial charge in [-0.2, -0.15) is 0 Å². The summed E-state index contributed by atoms with van der Waals surface area (Å²) in [6.07, 6.45) is 6.06. The maximum Gasteiger partial charge on any atom is 0.0873 e. The first kappa shape index (κ1) is 16.0. The van der Waals surface area contributed by atoms with Crippen molar-refractivity contribution in [3.63, 3.8) is 0 Å². The molecule has 20 heavy (non-hydrogen) atoms. The molecule has 0 radical (unpaired) electrons. The van der Waals surface area contributed by atoms with Crippen molar-refractivity contribution in [2.75, 3.05) is 13.7 Å². The van der Waals surface area contributed by atoms with Crippen molar-refractivity contribution in [2.24, 2.45) is 5.92 Å². The molecule has 0 spiro atoms. The van der Waals surface area contributed by atoms with Crippen LogP contribution in [-0.4, -0.2) is 19.3 Å². The number of methoxy groups -OCH3 is 1. The van der Waals surface area contributed by atoms with Gasteiger partial charge in [0.25, 0.3) is 0 Å². The number of hydrogen-bond acceptors (Lipinski definition) is 3. The normalized spacial score (nSPS) is 28.5. The van der Waals surface area contributed by atoms with E-state index in [4.69, 9.17) is 4.74 Å². The summed E-state index contributed by atoms with van der Waals surface area (Å²) < 4.78 is 6.09. The molecule has 1 aliphatic carbocycles. The van der Waals surface area contributed by atoms with Crippen LogP contribution in [0.1, 0.15) is 62.4 Å². The molecule has 1 saturated carbocycles. The van der Waals surface area contributed by atoms with E-state index in [2.05, 4.69) is 37.5 Å². The average Bonchev–Trinajstić information content (AvgIpc) is 2.88. The van der Waals surface area contributed by atoms with E-state index in [0.29, 0.717) is 6.04 Å². The third kappa shape index (κ3) is 3.44. The quantitative estimate of drug-likeness (QED) is 0.822. The predicted molar refractivity (Wildman–Crippen MR) is 87.5 cm³/mol. The van der Waals surface area contributed by atoms with Crippen LogP contribution in [0.15, 0.2) is 11.4 Å². The Morgan fingerprint density at radius 2 is 2.15 bits per heavy atom. The van der Waals surface area contributed by atoms with Gasteiger partial charge in [-0.25, -0.2) is 0 Å². The number of thiophene rings is 1. The molecule has 0 amide bonds. The molecule has 3 heteroatoms. The minimum absolute atomic E-state index is 0.0187. The first-order valence-electron chi connectivity index (χ1n) is 7.95. The Bertz CT molecular complexity index is 407. The second-order valence-corrected chi connectivity index (χ2v) is 7.44. The molecular formula is C17H29NOS. The Morgan fingerprint density at radius 3 is 2.65 bits per heavy atom. The lowest BCUT2D eigenvalue weighted by atomic mass is 9.73. The van der Waals surface area contributed by atoms with Gasteiger partial charge in [0, 0.05) is 12.0 Å². The van der Waals surface area contributed by atoms with E-state index < -0.39 is 0 Å². The van der Waals surface area contributed by atoms with Crippen LogP contribution >= 0.6 is 11.3 Å². The van der Waals surface area contributed by atoms with Gasteiger partial charge in [-0.05, 0) is 68.5 Å². The molecule has 1 aromatic rings. The van der Waals surface area contributed by atoms with Crippen molar-refractivity contribution in [2.45, 2.75) is 64.5 Å². The third-order valence-electron chi connectivity index (χ3n) is 4.74. The highest BCUT2D eigenvalue weighted by molar-refractivity contribution is 7.10. The molecule has 0 saturated heterocycles. The van der Waals surface area contributed by atoms with E-state index in [9.17, 15) is 0 Å². The Balaban J connectivity index is 2.23. The average molecular weight is 295 g/mol. The van der Waals surface area contributed by atoms with Gasteiger partial charge in [-0.3, -0.25) is 0 Å². The van der Waals surface area contributed by atoms with Crippen molar-refractivity contribution in [3.8, 4) is 0 Å². The highest BCUT2D eigenvalue weighted by Gasteiger charge is 2.42. The van der Waals surface area contributed by atoms with E-state index in [1.807, 2.05) is 18.4 Å². The summed E-state index contributed by atoms with van der Waals surface area (Å²) >= 11 is 1.84. The molecule has 1 heterocycles. The molecule has 2 rings (SSSR count). The van der Waals surface area contributed by atoms with Crippen LogP contribution in [0.25, 0.3) is 0 Å². The molecule has 1 unspecified atom stereocenters. The predicted octanol–water partition coefficient (Wildman–Crippen LogP) is 4.69. The molecule has 2 nitrogen and oxygen atoms in total. The summed E-state index contributed by atoms with van der Waals surface area (Å²) in [7, 11) is 1.90. The zero-order valence-corrected chi connectivity index (χ0v) is 14.2. The lowest BCUT2D eigenvalue weighted by Crippen LogP contribution is -2.48. The Labute approximate surface area is 127 Å². The number of aryl methyl sites for hydroxylation is 1. The molecule has 0 aliphatic heterocycles. The van der Waals surface area contributed by atoms with Gasteiger partial charge in [-0.1, -0.05) is 13.8 Å². The van der Waals surface area contributed by atoms with Gasteiger partial charge in [0.2, 0.25) is 0 Å². The zero-order chi connectivity index (χ0) is 14.6. The van der Waals surface area contributed by atoms with Crippen molar-refractivity contribution in [1.29, 1.82) is 0 Å². The first-order chi connectivity index (χ1) is 9.61. The van der Waals surface area contributed by atoms with E-state index in [-0.39, 0.29) is 5.60 Å². The lowest BCUT2D eigenvalue weighted by Gasteiger charge is -2.44. The van der Waals surface area contributed by atoms with Crippen molar-refractivity contribution < 1.29 is 4.74 Å². The fourth-order valence-electron chi connectivity index (χ4n) is 3.37. The summed E-state index contributed by atoms with van der Waals surface area (Å²) in [4.78, 5) is 1.39. The standard InChI is InChI=1S/C17H29NOS/c1-5-10-18-16(15-11-14(3)20-12-15)17(19-4)8-6-13(2)7-9-17/h11-13,16,18H,5-10H2,1-4H3. The molecule has 1 N–H and O–H groups in total. The van der Waals surface area contributed by atoms with Crippen molar-refractivity contribution in [1.82, 2.24) is 5.32 Å². The van der Waals surface area contributed by atoms with Crippen LogP contribution in [-0.2, 0) is 4.74 Å².